The summed E-state index contributed by atoms with van der Waals surface area (Å²) in [5.41, 5.74) is 8.79. The lowest BCUT2D eigenvalue weighted by Gasteiger charge is -2.22. The zero-order valence-corrected chi connectivity index (χ0v) is 19.4. The van der Waals surface area contributed by atoms with Crippen LogP contribution in [0.5, 0.6) is 0 Å². The van der Waals surface area contributed by atoms with Gasteiger partial charge in [-0.15, -0.1) is 11.3 Å². The van der Waals surface area contributed by atoms with E-state index in [1.165, 1.54) is 16.9 Å². The highest BCUT2D eigenvalue weighted by Crippen LogP contribution is 2.31. The summed E-state index contributed by atoms with van der Waals surface area (Å²) in [6.45, 7) is 0.187. The number of rotatable bonds is 8. The van der Waals surface area contributed by atoms with E-state index in [2.05, 4.69) is 33.9 Å². The quantitative estimate of drug-likeness (QED) is 0.325. The highest BCUT2D eigenvalue weighted by Gasteiger charge is 2.36. The lowest BCUT2D eigenvalue weighted by atomic mass is 9.87. The van der Waals surface area contributed by atoms with E-state index in [0.29, 0.717) is 18.0 Å². The fourth-order valence-electron chi connectivity index (χ4n) is 4.23. The molecule has 0 spiro atoms. The Morgan fingerprint density at radius 2 is 1.88 bits per heavy atom. The molecule has 0 bridgehead atoms. The number of aromatic nitrogens is 1. The Labute approximate surface area is 198 Å². The van der Waals surface area contributed by atoms with Crippen LogP contribution in [0.4, 0.5) is 5.13 Å². The predicted octanol–water partition coefficient (Wildman–Crippen LogP) is 5.41. The Bertz CT molecular complexity index is 1110. The maximum Gasteiger partial charge on any atom is 0.310 e. The second-order valence-corrected chi connectivity index (χ2v) is 9.28. The van der Waals surface area contributed by atoms with Crippen LogP contribution >= 0.6 is 11.3 Å². The molecule has 1 fully saturated rings. The molecule has 1 aromatic heterocycles. The van der Waals surface area contributed by atoms with Crippen LogP contribution < -0.4 is 5.32 Å². The first-order chi connectivity index (χ1) is 16.2. The first kappa shape index (κ1) is 23.0. The molecule has 4 rings (SSSR count). The van der Waals surface area contributed by atoms with Crippen LogP contribution in [0.2, 0.25) is 0 Å². The molecule has 5 nitrogen and oxygen atoms in total. The maximum absolute atomic E-state index is 13.1. The predicted molar refractivity (Wildman–Crippen MR) is 130 cm³/mol. The number of ether oxygens (including phenoxy) is 1. The summed E-state index contributed by atoms with van der Waals surface area (Å²) in [6.07, 6.45) is 11.3. The number of nitrogens with zero attached hydrogens (tertiary/aromatic N) is 1. The van der Waals surface area contributed by atoms with Gasteiger partial charge in [-0.25, -0.2) is 4.98 Å². The number of benzene rings is 1. The number of nitrogens with one attached hydrogen (secondary N) is 1. The molecule has 33 heavy (non-hydrogen) atoms. The van der Waals surface area contributed by atoms with Gasteiger partial charge in [0.2, 0.25) is 5.91 Å². The third-order valence-corrected chi connectivity index (χ3v) is 6.86. The Balaban J connectivity index is 1.34. The summed E-state index contributed by atoms with van der Waals surface area (Å²) >= 11 is 1.43. The molecule has 2 aliphatic rings. The maximum atomic E-state index is 13.1. The van der Waals surface area contributed by atoms with Crippen molar-refractivity contribution >= 4 is 28.3 Å². The van der Waals surface area contributed by atoms with Crippen LogP contribution in [0.3, 0.4) is 0 Å². The molecule has 1 N–H and O–H groups in total. The number of esters is 1. The fourth-order valence-corrected chi connectivity index (χ4v) is 4.98. The summed E-state index contributed by atoms with van der Waals surface area (Å²) in [5, 5.41) is 5.55. The van der Waals surface area contributed by atoms with E-state index in [1.54, 1.807) is 12.2 Å². The Morgan fingerprint density at radius 1 is 1.06 bits per heavy atom. The van der Waals surface area contributed by atoms with Gasteiger partial charge in [0.1, 0.15) is 6.61 Å². The van der Waals surface area contributed by atoms with Crippen molar-refractivity contribution in [1.29, 1.82) is 0 Å². The van der Waals surface area contributed by atoms with Crippen molar-refractivity contribution in [3.05, 3.63) is 82.2 Å². The molecule has 0 saturated heterocycles. The summed E-state index contributed by atoms with van der Waals surface area (Å²) in [6, 6.07) is 10.3. The zero-order valence-electron chi connectivity index (χ0n) is 18.6. The lowest BCUT2D eigenvalue weighted by Crippen LogP contribution is -2.34. The topological polar surface area (TPSA) is 68.3 Å². The molecule has 0 radical (unpaired) electrons. The van der Waals surface area contributed by atoms with Crippen molar-refractivity contribution in [2.75, 3.05) is 11.9 Å². The highest BCUT2D eigenvalue weighted by molar-refractivity contribution is 7.13. The molecule has 0 aliphatic heterocycles. The van der Waals surface area contributed by atoms with Crippen molar-refractivity contribution < 1.29 is 14.3 Å². The van der Waals surface area contributed by atoms with Gasteiger partial charge < -0.3 is 10.1 Å². The van der Waals surface area contributed by atoms with E-state index in [4.69, 9.17) is 4.74 Å². The van der Waals surface area contributed by atoms with Gasteiger partial charge in [0, 0.05) is 5.38 Å². The molecule has 1 saturated carbocycles. The normalized spacial score (nSPS) is 19.6. The van der Waals surface area contributed by atoms with E-state index < -0.39 is 11.8 Å². The molecule has 2 atom stereocenters. The largest absolute Gasteiger partial charge is 0.461 e. The number of aryl methyl sites for hydroxylation is 2. The van der Waals surface area contributed by atoms with Crippen LogP contribution in [-0.2, 0) is 27.2 Å². The number of anilines is 1. The van der Waals surface area contributed by atoms with Crippen LogP contribution in [0, 0.1) is 11.8 Å². The van der Waals surface area contributed by atoms with E-state index in [9.17, 15) is 9.59 Å². The Kier molecular flexibility index (Phi) is 8.10. The van der Waals surface area contributed by atoms with Gasteiger partial charge in [-0.05, 0) is 55.0 Å². The third-order valence-electron chi connectivity index (χ3n) is 6.05. The van der Waals surface area contributed by atoms with Crippen LogP contribution in [-0.4, -0.2) is 23.5 Å². The van der Waals surface area contributed by atoms with E-state index in [-0.39, 0.29) is 18.5 Å². The monoisotopic (exact) mass is 460 g/mol. The SMILES string of the molecule is O=C(OCC1=CC=C=C=C1)C1CCCCC[C@H]1C(=O)Nc1nc(CCc2ccccc2)cs1. The van der Waals surface area contributed by atoms with Crippen molar-refractivity contribution in [2.45, 2.75) is 44.9 Å². The van der Waals surface area contributed by atoms with Crippen LogP contribution in [0.1, 0.15) is 43.4 Å². The number of carbonyl (C=O) groups is 2. The molecule has 1 unspecified atom stereocenters. The highest BCUT2D eigenvalue weighted by atomic mass is 32.1. The second-order valence-electron chi connectivity index (χ2n) is 8.42. The van der Waals surface area contributed by atoms with Gasteiger partial charge in [-0.2, -0.15) is 0 Å². The molecule has 1 amide bonds. The van der Waals surface area contributed by atoms with E-state index in [0.717, 1.165) is 43.4 Å². The summed E-state index contributed by atoms with van der Waals surface area (Å²) < 4.78 is 5.57. The molecule has 1 heterocycles. The van der Waals surface area contributed by atoms with Gasteiger partial charge in [0.15, 0.2) is 5.13 Å². The minimum absolute atomic E-state index is 0.134. The molecular weight excluding hydrogens is 432 g/mol. The minimum Gasteiger partial charge on any atom is -0.461 e. The zero-order chi connectivity index (χ0) is 22.9. The number of allylic oxidation sites excluding steroid dienone is 2. The van der Waals surface area contributed by atoms with Gasteiger partial charge in [-0.3, -0.25) is 9.59 Å². The van der Waals surface area contributed by atoms with Gasteiger partial charge in [0.25, 0.3) is 0 Å². The van der Waals surface area contributed by atoms with Crippen molar-refractivity contribution in [3.63, 3.8) is 0 Å². The molecule has 6 heteroatoms. The number of amides is 1. The third kappa shape index (κ3) is 6.66. The van der Waals surface area contributed by atoms with Crippen molar-refractivity contribution in [3.8, 4) is 0 Å². The fraction of sp³-hybridized carbons (Fsp3) is 0.370. The van der Waals surface area contributed by atoms with Gasteiger partial charge >= 0.3 is 5.97 Å². The van der Waals surface area contributed by atoms with Crippen LogP contribution in [0.15, 0.2) is 71.0 Å². The summed E-state index contributed by atoms with van der Waals surface area (Å²) in [4.78, 5) is 30.6. The number of carbonyl (C=O) groups excluding carboxylic acids is 2. The molecular formula is C27H28N2O3S. The van der Waals surface area contributed by atoms with Gasteiger partial charge in [0.05, 0.1) is 17.5 Å². The standard InChI is InChI=1S/C27H28N2O3S/c30-25(29-27-28-22(19-33-27)17-16-20-10-4-1-5-11-20)23-14-8-3-9-15-24(23)26(31)32-18-21-12-6-2-7-13-21/h1,4-6,10-13,19,23-24H,3,8-9,14-18H2,(H,28,29,30)/t23-,24?/m1/s1. The Hall–Kier alpha value is -3.17. The first-order valence-corrected chi connectivity index (χ1v) is 12.4. The molecule has 1 aromatic carbocycles. The molecule has 2 aliphatic carbocycles. The second kappa shape index (κ2) is 11.6. The van der Waals surface area contributed by atoms with Gasteiger partial charge in [-0.1, -0.05) is 61.1 Å². The first-order valence-electron chi connectivity index (χ1n) is 11.5. The summed E-state index contributed by atoms with van der Waals surface area (Å²) in [5.74, 6) is -1.25. The van der Waals surface area contributed by atoms with E-state index >= 15 is 0 Å². The average Bonchev–Trinajstić information content (AvgIpc) is 3.14. The van der Waals surface area contributed by atoms with Crippen molar-refractivity contribution in [2.24, 2.45) is 11.8 Å². The Morgan fingerprint density at radius 3 is 2.67 bits per heavy atom. The smallest absolute Gasteiger partial charge is 0.310 e. The number of thiazole rings is 1. The lowest BCUT2D eigenvalue weighted by molar-refractivity contribution is -0.151. The summed E-state index contributed by atoms with van der Waals surface area (Å²) in [7, 11) is 0. The minimum atomic E-state index is -0.427. The average molecular weight is 461 g/mol. The number of hydrogen-bond donors (Lipinski definition) is 1. The van der Waals surface area contributed by atoms with Crippen molar-refractivity contribution in [1.82, 2.24) is 4.98 Å². The molecule has 170 valence electrons. The van der Waals surface area contributed by atoms with Crippen LogP contribution in [0.25, 0.3) is 0 Å². The van der Waals surface area contributed by atoms with E-state index in [1.807, 2.05) is 29.7 Å². The molecule has 2 aromatic rings. The number of hydrogen-bond acceptors (Lipinski definition) is 5.